The summed E-state index contributed by atoms with van der Waals surface area (Å²) in [5, 5.41) is 0. The molecular weight excluding hydrogens is 381 g/mol. The molecule has 1 aromatic rings. The lowest BCUT2D eigenvalue weighted by Gasteiger charge is -2.59. The van der Waals surface area contributed by atoms with E-state index in [2.05, 4.69) is 18.7 Å². The summed E-state index contributed by atoms with van der Waals surface area (Å²) in [5.74, 6) is 1.29. The van der Waals surface area contributed by atoms with Crippen molar-refractivity contribution in [2.75, 3.05) is 26.2 Å². The van der Waals surface area contributed by atoms with Gasteiger partial charge < -0.3 is 9.64 Å². The zero-order chi connectivity index (χ0) is 20.8. The molecule has 0 radical (unpaired) electrons. The Balaban J connectivity index is 1.44. The fourth-order valence-electron chi connectivity index (χ4n) is 5.05. The van der Waals surface area contributed by atoms with E-state index >= 15 is 0 Å². The minimum absolute atomic E-state index is 0.197. The lowest BCUT2D eigenvalue weighted by atomic mass is 9.77. The summed E-state index contributed by atoms with van der Waals surface area (Å²) in [4.78, 5) is 17.0. The summed E-state index contributed by atoms with van der Waals surface area (Å²) in [7, 11) is 0. The Morgan fingerprint density at radius 2 is 1.93 bits per heavy atom. The molecule has 0 aromatic heterocycles. The predicted molar refractivity (Wildman–Crippen MR) is 103 cm³/mol. The van der Waals surface area contributed by atoms with Crippen molar-refractivity contribution in [3.63, 3.8) is 0 Å². The molecule has 0 unspecified atom stereocenters. The quantitative estimate of drug-likeness (QED) is 0.751. The Bertz CT molecular complexity index is 749. The van der Waals surface area contributed by atoms with Crippen LogP contribution in [-0.4, -0.2) is 47.7 Å². The number of carbonyl (C=O) groups is 1. The number of likely N-dealkylation sites (tertiary alicyclic amines) is 1. The number of hydrogen-bond acceptors (Lipinski definition) is 3. The molecule has 3 fully saturated rings. The first-order chi connectivity index (χ1) is 13.7. The van der Waals surface area contributed by atoms with Crippen molar-refractivity contribution in [3.05, 3.63) is 35.4 Å². The standard InChI is InChI=1S/C22H29F3N2O2/c1-15(2)17-12-27-20(28)8-7-19-13-26(10-9-21(19,27)29-14-17)11-16-3-5-18(6-4-16)22(23,24)25/h3-6,15,17,19H,7-14H2,1-2H3/t17-,19-,21-/m1/s1. The van der Waals surface area contributed by atoms with E-state index in [0.717, 1.165) is 50.2 Å². The van der Waals surface area contributed by atoms with Crippen molar-refractivity contribution >= 4 is 5.91 Å². The summed E-state index contributed by atoms with van der Waals surface area (Å²) in [5.41, 5.74) is -0.227. The Morgan fingerprint density at radius 3 is 2.59 bits per heavy atom. The number of amides is 1. The lowest BCUT2D eigenvalue weighted by Crippen LogP contribution is -2.70. The monoisotopic (exact) mass is 410 g/mol. The SMILES string of the molecule is CC(C)[C@H]1CO[C@]23CCN(Cc4ccc(C(F)(F)F)cc4)C[C@H]2CCC(=O)N3C1. The molecule has 1 amide bonds. The van der Waals surface area contributed by atoms with Crippen LogP contribution < -0.4 is 0 Å². The Morgan fingerprint density at radius 1 is 1.21 bits per heavy atom. The van der Waals surface area contributed by atoms with Crippen LogP contribution in [-0.2, 0) is 22.3 Å². The fraction of sp³-hybridized carbons (Fsp3) is 0.682. The summed E-state index contributed by atoms with van der Waals surface area (Å²) in [6.45, 7) is 8.00. The summed E-state index contributed by atoms with van der Waals surface area (Å²) < 4.78 is 44.7. The molecule has 3 aliphatic heterocycles. The van der Waals surface area contributed by atoms with E-state index in [4.69, 9.17) is 4.74 Å². The second-order valence-corrected chi connectivity index (χ2v) is 9.08. The second kappa shape index (κ2) is 7.58. The van der Waals surface area contributed by atoms with Gasteiger partial charge in [0.05, 0.1) is 12.2 Å². The van der Waals surface area contributed by atoms with Gasteiger partial charge >= 0.3 is 6.18 Å². The van der Waals surface area contributed by atoms with Crippen molar-refractivity contribution in [2.24, 2.45) is 17.8 Å². The number of piperidine rings is 2. The van der Waals surface area contributed by atoms with Crippen LogP contribution in [0.15, 0.2) is 24.3 Å². The van der Waals surface area contributed by atoms with E-state index in [1.807, 2.05) is 4.90 Å². The van der Waals surface area contributed by atoms with Gasteiger partial charge in [0.25, 0.3) is 0 Å². The van der Waals surface area contributed by atoms with Gasteiger partial charge in [-0.15, -0.1) is 0 Å². The number of rotatable bonds is 3. The molecule has 0 N–H and O–H groups in total. The van der Waals surface area contributed by atoms with Gasteiger partial charge in [0.2, 0.25) is 5.91 Å². The lowest BCUT2D eigenvalue weighted by molar-refractivity contribution is -0.261. The highest BCUT2D eigenvalue weighted by molar-refractivity contribution is 5.78. The minimum Gasteiger partial charge on any atom is -0.355 e. The van der Waals surface area contributed by atoms with Gasteiger partial charge in [0.1, 0.15) is 5.72 Å². The first kappa shape index (κ1) is 20.7. The topological polar surface area (TPSA) is 32.8 Å². The third-order valence-electron chi connectivity index (χ3n) is 6.96. The highest BCUT2D eigenvalue weighted by Gasteiger charge is 2.55. The molecule has 3 aliphatic rings. The molecular formula is C22H29F3N2O2. The molecule has 1 spiro atoms. The number of ether oxygens (including phenoxy) is 1. The van der Waals surface area contributed by atoms with E-state index in [0.29, 0.717) is 31.4 Å². The van der Waals surface area contributed by atoms with E-state index in [9.17, 15) is 18.0 Å². The largest absolute Gasteiger partial charge is 0.416 e. The molecule has 4 rings (SSSR count). The fourth-order valence-corrected chi connectivity index (χ4v) is 5.05. The van der Waals surface area contributed by atoms with E-state index in [-0.39, 0.29) is 11.8 Å². The van der Waals surface area contributed by atoms with Crippen LogP contribution in [0.1, 0.15) is 44.2 Å². The van der Waals surface area contributed by atoms with Crippen LogP contribution in [0.5, 0.6) is 0 Å². The van der Waals surface area contributed by atoms with Crippen molar-refractivity contribution in [1.29, 1.82) is 0 Å². The first-order valence-corrected chi connectivity index (χ1v) is 10.5. The number of hydrogen-bond donors (Lipinski definition) is 0. The summed E-state index contributed by atoms with van der Waals surface area (Å²) in [6.07, 6.45) is -2.19. The van der Waals surface area contributed by atoms with E-state index in [1.165, 1.54) is 0 Å². The highest BCUT2D eigenvalue weighted by atomic mass is 19.4. The normalized spacial score (nSPS) is 31.0. The number of carbonyl (C=O) groups excluding carboxylic acids is 1. The third-order valence-corrected chi connectivity index (χ3v) is 6.96. The van der Waals surface area contributed by atoms with Gasteiger partial charge in [-0.25, -0.2) is 0 Å². The van der Waals surface area contributed by atoms with Gasteiger partial charge in [-0.1, -0.05) is 26.0 Å². The van der Waals surface area contributed by atoms with Crippen molar-refractivity contribution in [1.82, 2.24) is 9.80 Å². The maximum absolute atomic E-state index is 12.8. The molecule has 3 atom stereocenters. The molecule has 4 nitrogen and oxygen atoms in total. The van der Waals surface area contributed by atoms with Gasteiger partial charge in [-0.05, 0) is 30.0 Å². The molecule has 160 valence electrons. The van der Waals surface area contributed by atoms with Crippen LogP contribution >= 0.6 is 0 Å². The van der Waals surface area contributed by atoms with Crippen LogP contribution in [0.3, 0.4) is 0 Å². The number of nitrogens with zero attached hydrogens (tertiary/aromatic N) is 2. The van der Waals surface area contributed by atoms with Gasteiger partial charge in [0, 0.05) is 50.9 Å². The van der Waals surface area contributed by atoms with Crippen LogP contribution in [0, 0.1) is 17.8 Å². The smallest absolute Gasteiger partial charge is 0.355 e. The zero-order valence-electron chi connectivity index (χ0n) is 17.0. The zero-order valence-corrected chi connectivity index (χ0v) is 17.0. The minimum atomic E-state index is -4.31. The summed E-state index contributed by atoms with van der Waals surface area (Å²) in [6, 6.07) is 5.43. The van der Waals surface area contributed by atoms with Crippen molar-refractivity contribution in [3.8, 4) is 0 Å². The maximum atomic E-state index is 12.8. The Labute approximate surface area is 170 Å². The average molecular weight is 410 g/mol. The van der Waals surface area contributed by atoms with Crippen molar-refractivity contribution in [2.45, 2.75) is 51.6 Å². The molecule has 0 saturated carbocycles. The molecule has 7 heteroatoms. The molecule has 3 saturated heterocycles. The highest BCUT2D eigenvalue weighted by Crippen LogP contribution is 2.45. The first-order valence-electron chi connectivity index (χ1n) is 10.5. The maximum Gasteiger partial charge on any atom is 0.416 e. The average Bonchev–Trinajstić information content (AvgIpc) is 2.68. The van der Waals surface area contributed by atoms with Crippen LogP contribution in [0.25, 0.3) is 0 Å². The van der Waals surface area contributed by atoms with Crippen molar-refractivity contribution < 1.29 is 22.7 Å². The number of alkyl halides is 3. The van der Waals surface area contributed by atoms with Gasteiger partial charge in [-0.2, -0.15) is 13.2 Å². The van der Waals surface area contributed by atoms with Crippen LogP contribution in [0.4, 0.5) is 13.2 Å². The van der Waals surface area contributed by atoms with E-state index < -0.39 is 17.5 Å². The Hall–Kier alpha value is -1.60. The molecule has 0 bridgehead atoms. The van der Waals surface area contributed by atoms with Gasteiger partial charge in [0.15, 0.2) is 0 Å². The summed E-state index contributed by atoms with van der Waals surface area (Å²) >= 11 is 0. The molecule has 1 aromatic carbocycles. The third kappa shape index (κ3) is 3.91. The van der Waals surface area contributed by atoms with Gasteiger partial charge in [-0.3, -0.25) is 9.69 Å². The second-order valence-electron chi connectivity index (χ2n) is 9.08. The molecule has 29 heavy (non-hydrogen) atoms. The number of benzene rings is 1. The number of halogens is 3. The Kier molecular flexibility index (Phi) is 5.40. The van der Waals surface area contributed by atoms with Crippen LogP contribution in [0.2, 0.25) is 0 Å². The molecule has 0 aliphatic carbocycles. The predicted octanol–water partition coefficient (Wildman–Crippen LogP) is 4.15. The van der Waals surface area contributed by atoms with E-state index in [1.54, 1.807) is 12.1 Å². The molecule has 3 heterocycles.